The van der Waals surface area contributed by atoms with Gasteiger partial charge < -0.3 is 14.5 Å². The third kappa shape index (κ3) is 4.63. The van der Waals surface area contributed by atoms with Crippen molar-refractivity contribution in [1.29, 1.82) is 0 Å². The molecule has 0 radical (unpaired) electrons. The first kappa shape index (κ1) is 24.1. The average Bonchev–Trinajstić information content (AvgIpc) is 3.21. The van der Waals surface area contributed by atoms with Crippen LogP contribution in [0.4, 0.5) is 4.79 Å². The fourth-order valence-electron chi connectivity index (χ4n) is 6.04. The van der Waals surface area contributed by atoms with Gasteiger partial charge in [-0.25, -0.2) is 4.79 Å². The molecule has 4 atom stereocenters. The van der Waals surface area contributed by atoms with Gasteiger partial charge in [0.2, 0.25) is 0 Å². The van der Waals surface area contributed by atoms with E-state index in [-0.39, 0.29) is 18.2 Å². The first-order valence-electron chi connectivity index (χ1n) is 12.8. The maximum Gasteiger partial charge on any atom is 0.410 e. The molecule has 5 nitrogen and oxygen atoms in total. The molecule has 0 bridgehead atoms. The molecule has 35 heavy (non-hydrogen) atoms. The van der Waals surface area contributed by atoms with Crippen molar-refractivity contribution in [1.82, 2.24) is 9.88 Å². The van der Waals surface area contributed by atoms with E-state index in [2.05, 4.69) is 25.8 Å². The van der Waals surface area contributed by atoms with Gasteiger partial charge in [0.15, 0.2) is 0 Å². The molecule has 2 aromatic carbocycles. The van der Waals surface area contributed by atoms with Crippen LogP contribution in [0.25, 0.3) is 10.9 Å². The molecule has 2 heterocycles. The standard InChI is InChI=1S/C29H35ClN2O3/c1-17(2)22-11-5-18(3)15-26(22)35-29(33)32-14-13-23-24-16-20(30)8-12-25(24)31-27(23)28(32)19-6-9-21(34-4)10-7-19/h6-10,12,16-18,22,26,28,31H,5,11,13-15H2,1-4H3. The Labute approximate surface area is 212 Å². The molecule has 1 saturated carbocycles. The van der Waals surface area contributed by atoms with Crippen LogP contribution in [-0.2, 0) is 11.2 Å². The van der Waals surface area contributed by atoms with Gasteiger partial charge in [0.05, 0.1) is 7.11 Å². The summed E-state index contributed by atoms with van der Waals surface area (Å²) < 4.78 is 11.7. The molecule has 6 heteroatoms. The van der Waals surface area contributed by atoms with Crippen LogP contribution in [0, 0.1) is 17.8 Å². The molecule has 5 rings (SSSR count). The highest BCUT2D eigenvalue weighted by atomic mass is 35.5. The van der Waals surface area contributed by atoms with Gasteiger partial charge in [0, 0.05) is 28.2 Å². The molecule has 1 fully saturated rings. The number of aromatic nitrogens is 1. The van der Waals surface area contributed by atoms with Gasteiger partial charge in [0.25, 0.3) is 0 Å². The summed E-state index contributed by atoms with van der Waals surface area (Å²) in [7, 11) is 1.66. The molecule has 1 N–H and O–H groups in total. The predicted molar refractivity (Wildman–Crippen MR) is 140 cm³/mol. The molecule has 1 aromatic heterocycles. The van der Waals surface area contributed by atoms with E-state index in [0.29, 0.717) is 29.3 Å². The zero-order valence-electron chi connectivity index (χ0n) is 21.0. The molecule has 1 amide bonds. The smallest absolute Gasteiger partial charge is 0.410 e. The summed E-state index contributed by atoms with van der Waals surface area (Å²) in [5, 5.41) is 1.84. The summed E-state index contributed by atoms with van der Waals surface area (Å²) in [6.07, 6.45) is 3.75. The normalized spacial score (nSPS) is 24.5. The molecule has 3 aromatic rings. The predicted octanol–water partition coefficient (Wildman–Crippen LogP) is 7.37. The number of rotatable bonds is 4. The molecule has 1 aliphatic carbocycles. The number of hydrogen-bond donors (Lipinski definition) is 1. The number of methoxy groups -OCH3 is 1. The highest BCUT2D eigenvalue weighted by Gasteiger charge is 2.39. The van der Waals surface area contributed by atoms with Gasteiger partial charge >= 0.3 is 6.09 Å². The number of ether oxygens (including phenoxy) is 2. The molecule has 2 aliphatic rings. The fraction of sp³-hybridized carbons (Fsp3) is 0.483. The number of fused-ring (bicyclic) bond motifs is 3. The summed E-state index contributed by atoms with van der Waals surface area (Å²) in [5.41, 5.74) is 4.32. The Balaban J connectivity index is 1.52. The van der Waals surface area contributed by atoms with E-state index in [1.54, 1.807) is 7.11 Å². The zero-order valence-corrected chi connectivity index (χ0v) is 21.8. The van der Waals surface area contributed by atoms with Gasteiger partial charge in [0.1, 0.15) is 17.9 Å². The molecule has 4 unspecified atom stereocenters. The topological polar surface area (TPSA) is 54.6 Å². The van der Waals surface area contributed by atoms with Crippen molar-refractivity contribution in [3.63, 3.8) is 0 Å². The number of nitrogens with zero attached hydrogens (tertiary/aromatic N) is 1. The van der Waals surface area contributed by atoms with E-state index in [4.69, 9.17) is 21.1 Å². The van der Waals surface area contributed by atoms with Crippen LogP contribution in [0.3, 0.4) is 0 Å². The van der Waals surface area contributed by atoms with Crippen molar-refractivity contribution in [2.75, 3.05) is 13.7 Å². The van der Waals surface area contributed by atoms with Crippen molar-refractivity contribution in [2.24, 2.45) is 17.8 Å². The third-order valence-corrected chi connectivity index (χ3v) is 8.20. The van der Waals surface area contributed by atoms with Crippen LogP contribution in [-0.4, -0.2) is 35.7 Å². The van der Waals surface area contributed by atoms with Crippen LogP contribution >= 0.6 is 11.6 Å². The number of halogens is 1. The van der Waals surface area contributed by atoms with E-state index in [9.17, 15) is 4.79 Å². The number of aromatic amines is 1. The van der Waals surface area contributed by atoms with Gasteiger partial charge in [-0.05, 0) is 78.5 Å². The number of carbonyl (C=O) groups excluding carboxylic acids is 1. The summed E-state index contributed by atoms with van der Waals surface area (Å²) in [4.78, 5) is 19.3. The lowest BCUT2D eigenvalue weighted by molar-refractivity contribution is -0.0147. The Morgan fingerprint density at radius 2 is 1.91 bits per heavy atom. The van der Waals surface area contributed by atoms with Crippen molar-refractivity contribution >= 4 is 28.6 Å². The van der Waals surface area contributed by atoms with Crippen molar-refractivity contribution < 1.29 is 14.3 Å². The van der Waals surface area contributed by atoms with Crippen LogP contribution in [0.15, 0.2) is 42.5 Å². The minimum Gasteiger partial charge on any atom is -0.497 e. The Kier molecular flexibility index (Phi) is 6.71. The van der Waals surface area contributed by atoms with E-state index < -0.39 is 0 Å². The van der Waals surface area contributed by atoms with E-state index in [1.165, 1.54) is 12.0 Å². The Morgan fingerprint density at radius 1 is 1.14 bits per heavy atom. The minimum absolute atomic E-state index is 0.0364. The highest BCUT2D eigenvalue weighted by molar-refractivity contribution is 6.31. The minimum atomic E-state index is -0.262. The van der Waals surface area contributed by atoms with Crippen LogP contribution < -0.4 is 4.74 Å². The second kappa shape index (κ2) is 9.77. The Morgan fingerprint density at radius 3 is 2.63 bits per heavy atom. The third-order valence-electron chi connectivity index (χ3n) is 7.97. The molecular weight excluding hydrogens is 460 g/mol. The molecule has 186 valence electrons. The van der Waals surface area contributed by atoms with Crippen LogP contribution in [0.2, 0.25) is 5.02 Å². The highest BCUT2D eigenvalue weighted by Crippen LogP contribution is 2.41. The average molecular weight is 495 g/mol. The van der Waals surface area contributed by atoms with Crippen LogP contribution in [0.5, 0.6) is 5.75 Å². The fourth-order valence-corrected chi connectivity index (χ4v) is 6.21. The number of H-pyrrole nitrogens is 1. The number of nitrogens with one attached hydrogen (secondary N) is 1. The number of amides is 1. The lowest BCUT2D eigenvalue weighted by Gasteiger charge is -2.40. The SMILES string of the molecule is COc1ccc(C2c3[nH]c4ccc(Cl)cc4c3CCN2C(=O)OC2CC(C)CCC2C(C)C)cc1. The molecule has 0 saturated heterocycles. The van der Waals surface area contributed by atoms with Crippen LogP contribution in [0.1, 0.15) is 62.9 Å². The Hall–Kier alpha value is -2.66. The monoisotopic (exact) mass is 494 g/mol. The zero-order chi connectivity index (χ0) is 24.7. The van der Waals surface area contributed by atoms with Crippen molar-refractivity contribution in [3.05, 3.63) is 64.3 Å². The number of carbonyl (C=O) groups is 1. The lowest BCUT2D eigenvalue weighted by Crippen LogP contribution is -2.44. The van der Waals surface area contributed by atoms with E-state index >= 15 is 0 Å². The maximum absolute atomic E-state index is 13.8. The molecule has 1 aliphatic heterocycles. The largest absolute Gasteiger partial charge is 0.497 e. The quantitative estimate of drug-likeness (QED) is 0.411. The molecule has 0 spiro atoms. The van der Waals surface area contributed by atoms with Gasteiger partial charge in [-0.1, -0.05) is 50.9 Å². The van der Waals surface area contributed by atoms with Gasteiger partial charge in [-0.15, -0.1) is 0 Å². The summed E-state index contributed by atoms with van der Waals surface area (Å²) in [5.74, 6) is 2.26. The lowest BCUT2D eigenvalue weighted by atomic mass is 9.75. The summed E-state index contributed by atoms with van der Waals surface area (Å²) >= 11 is 6.33. The van der Waals surface area contributed by atoms with Gasteiger partial charge in [-0.2, -0.15) is 0 Å². The van der Waals surface area contributed by atoms with E-state index in [1.807, 2.05) is 47.4 Å². The second-order valence-corrected chi connectivity index (χ2v) is 11.0. The first-order chi connectivity index (χ1) is 16.9. The first-order valence-corrected chi connectivity index (χ1v) is 13.1. The Bertz CT molecular complexity index is 1200. The number of hydrogen-bond acceptors (Lipinski definition) is 3. The summed E-state index contributed by atoms with van der Waals surface area (Å²) in [6.45, 7) is 7.34. The van der Waals surface area contributed by atoms with E-state index in [0.717, 1.165) is 47.2 Å². The van der Waals surface area contributed by atoms with Crippen molar-refractivity contribution in [3.8, 4) is 5.75 Å². The maximum atomic E-state index is 13.8. The second-order valence-electron chi connectivity index (χ2n) is 10.6. The van der Waals surface area contributed by atoms with Crippen molar-refractivity contribution in [2.45, 2.75) is 58.6 Å². The van der Waals surface area contributed by atoms with Gasteiger partial charge in [-0.3, -0.25) is 4.90 Å². The number of benzene rings is 2. The molecular formula is C29H35ClN2O3. The summed E-state index contributed by atoms with van der Waals surface area (Å²) in [6, 6.07) is 13.6.